The molecule has 0 aliphatic rings. The number of anilines is 1. The molecule has 7 heteroatoms. The van der Waals surface area contributed by atoms with Crippen LogP contribution in [0, 0.1) is 0 Å². The minimum atomic E-state index is -0.498. The first-order chi connectivity index (χ1) is 12.8. The molecule has 27 heavy (non-hydrogen) atoms. The summed E-state index contributed by atoms with van der Waals surface area (Å²) in [5.74, 6) is -0.174. The Morgan fingerprint density at radius 3 is 2.74 bits per heavy atom. The molecule has 1 N–H and O–H groups in total. The Morgan fingerprint density at radius 2 is 2.04 bits per heavy atom. The summed E-state index contributed by atoms with van der Waals surface area (Å²) in [6, 6.07) is 5.71. The van der Waals surface area contributed by atoms with Crippen molar-refractivity contribution in [1.29, 1.82) is 0 Å². The van der Waals surface area contributed by atoms with Crippen molar-refractivity contribution in [3.63, 3.8) is 0 Å². The Bertz CT molecular complexity index is 900. The van der Waals surface area contributed by atoms with Crippen LogP contribution in [-0.2, 0) is 16.9 Å². The van der Waals surface area contributed by atoms with Crippen molar-refractivity contribution in [3.8, 4) is 0 Å². The van der Waals surface area contributed by atoms with Crippen LogP contribution in [0.1, 0.15) is 49.3 Å². The molecule has 0 aliphatic heterocycles. The van der Waals surface area contributed by atoms with Gasteiger partial charge in [0.2, 0.25) is 0 Å². The Kier molecular flexibility index (Phi) is 5.72. The van der Waals surface area contributed by atoms with E-state index < -0.39 is 5.60 Å². The minimum absolute atomic E-state index is 0.0971. The first-order valence-electron chi connectivity index (χ1n) is 8.83. The van der Waals surface area contributed by atoms with Crippen LogP contribution in [0.2, 0.25) is 0 Å². The van der Waals surface area contributed by atoms with Crippen molar-refractivity contribution < 1.29 is 9.53 Å². The second kappa shape index (κ2) is 8.02. The number of thiazole rings is 1. The van der Waals surface area contributed by atoms with E-state index in [-0.39, 0.29) is 12.0 Å². The monoisotopic (exact) mass is 384 g/mol. The first-order valence-corrected chi connectivity index (χ1v) is 9.71. The summed E-state index contributed by atoms with van der Waals surface area (Å²) in [4.78, 5) is 21.1. The minimum Gasteiger partial charge on any atom is -0.367 e. The van der Waals surface area contributed by atoms with Gasteiger partial charge < -0.3 is 9.30 Å². The fraction of sp³-hybridized carbons (Fsp3) is 0.350. The molecule has 0 unspecified atom stereocenters. The number of aromatic nitrogens is 3. The summed E-state index contributed by atoms with van der Waals surface area (Å²) in [5.41, 5.74) is 2.04. The molecular weight excluding hydrogens is 360 g/mol. The van der Waals surface area contributed by atoms with E-state index >= 15 is 0 Å². The molecule has 3 rings (SSSR count). The van der Waals surface area contributed by atoms with E-state index in [1.165, 1.54) is 11.3 Å². The predicted octanol–water partition coefficient (Wildman–Crippen LogP) is 4.30. The van der Waals surface area contributed by atoms with E-state index in [0.717, 1.165) is 11.3 Å². The molecule has 6 nitrogen and oxygen atoms in total. The van der Waals surface area contributed by atoms with Crippen LogP contribution in [0.15, 0.2) is 48.4 Å². The van der Waals surface area contributed by atoms with Gasteiger partial charge in [-0.2, -0.15) is 0 Å². The highest BCUT2D eigenvalue weighted by atomic mass is 32.1. The second-order valence-corrected chi connectivity index (χ2v) is 7.96. The number of hydrogen-bond donors (Lipinski definition) is 1. The van der Waals surface area contributed by atoms with Crippen LogP contribution in [0.3, 0.4) is 0 Å². The molecule has 142 valence electrons. The van der Waals surface area contributed by atoms with E-state index in [4.69, 9.17) is 4.74 Å². The Labute approximate surface area is 163 Å². The quantitative estimate of drug-likeness (QED) is 0.659. The molecule has 3 aromatic heterocycles. The van der Waals surface area contributed by atoms with Crippen molar-refractivity contribution in [3.05, 3.63) is 65.2 Å². The van der Waals surface area contributed by atoms with Gasteiger partial charge in [-0.1, -0.05) is 0 Å². The Morgan fingerprint density at radius 1 is 1.30 bits per heavy atom. The first kappa shape index (κ1) is 19.3. The summed E-state index contributed by atoms with van der Waals surface area (Å²) < 4.78 is 7.88. The van der Waals surface area contributed by atoms with Crippen LogP contribution >= 0.6 is 11.3 Å². The van der Waals surface area contributed by atoms with Crippen molar-refractivity contribution >= 4 is 22.4 Å². The number of rotatable bonds is 7. The standard InChI is InChI=1S/C20H24N4O2S/c1-14(2)26-20(3,4)17-13-27-19(22-17)23-18(25)16-7-10-24(12-16)11-15-5-8-21-9-6-15/h5-10,12-14H,11H2,1-4H3,(H,22,23,25). The van der Waals surface area contributed by atoms with Gasteiger partial charge in [0.1, 0.15) is 5.60 Å². The molecule has 0 aliphatic carbocycles. The fourth-order valence-corrected chi connectivity index (χ4v) is 3.66. The summed E-state index contributed by atoms with van der Waals surface area (Å²) in [6.45, 7) is 8.64. The molecule has 3 aromatic rings. The fourth-order valence-electron chi connectivity index (χ4n) is 2.80. The number of amides is 1. The highest BCUT2D eigenvalue weighted by Crippen LogP contribution is 2.29. The number of hydrogen-bond acceptors (Lipinski definition) is 5. The van der Waals surface area contributed by atoms with Gasteiger partial charge in [0.25, 0.3) is 5.91 Å². The summed E-state index contributed by atoms with van der Waals surface area (Å²) in [7, 11) is 0. The topological polar surface area (TPSA) is 69.0 Å². The van der Waals surface area contributed by atoms with Gasteiger partial charge in [0, 0.05) is 36.7 Å². The lowest BCUT2D eigenvalue weighted by atomic mass is 10.1. The molecule has 1 amide bonds. The van der Waals surface area contributed by atoms with Gasteiger partial charge in [-0.05, 0) is 51.5 Å². The maximum atomic E-state index is 12.5. The number of ether oxygens (including phenoxy) is 1. The number of carbonyl (C=O) groups is 1. The van der Waals surface area contributed by atoms with E-state index in [0.29, 0.717) is 17.2 Å². The number of nitrogens with zero attached hydrogens (tertiary/aromatic N) is 3. The summed E-state index contributed by atoms with van der Waals surface area (Å²) in [5, 5.41) is 5.36. The highest BCUT2D eigenvalue weighted by Gasteiger charge is 2.26. The molecule has 0 bridgehead atoms. The largest absolute Gasteiger partial charge is 0.367 e. The van der Waals surface area contributed by atoms with Crippen LogP contribution in [0.4, 0.5) is 5.13 Å². The maximum Gasteiger partial charge on any atom is 0.258 e. The van der Waals surface area contributed by atoms with Crippen LogP contribution in [0.5, 0.6) is 0 Å². The zero-order valence-corrected chi connectivity index (χ0v) is 16.8. The van der Waals surface area contributed by atoms with Gasteiger partial charge in [-0.3, -0.25) is 15.1 Å². The van der Waals surface area contributed by atoms with Crippen molar-refractivity contribution in [1.82, 2.24) is 14.5 Å². The number of carbonyl (C=O) groups excluding carboxylic acids is 1. The third-order valence-electron chi connectivity index (χ3n) is 4.00. The summed E-state index contributed by atoms with van der Waals surface area (Å²) in [6.07, 6.45) is 7.34. The normalized spacial score (nSPS) is 11.7. The average molecular weight is 385 g/mol. The van der Waals surface area contributed by atoms with Crippen LogP contribution in [-0.4, -0.2) is 26.5 Å². The zero-order valence-electron chi connectivity index (χ0n) is 16.0. The third kappa shape index (κ3) is 5.02. The van der Waals surface area contributed by atoms with Crippen LogP contribution < -0.4 is 5.32 Å². The van der Waals surface area contributed by atoms with Crippen molar-refractivity contribution in [2.24, 2.45) is 0 Å². The SMILES string of the molecule is CC(C)OC(C)(C)c1csc(NC(=O)c2ccn(Cc3ccncc3)c2)n1. The molecule has 0 atom stereocenters. The zero-order chi connectivity index (χ0) is 19.4. The van der Waals surface area contributed by atoms with E-state index in [9.17, 15) is 4.79 Å². The lowest BCUT2D eigenvalue weighted by molar-refractivity contribution is -0.0623. The second-order valence-electron chi connectivity index (χ2n) is 7.10. The van der Waals surface area contributed by atoms with E-state index in [1.807, 2.05) is 62.2 Å². The molecular formula is C20H24N4O2S. The molecule has 0 saturated carbocycles. The Hall–Kier alpha value is -2.51. The van der Waals surface area contributed by atoms with E-state index in [1.54, 1.807) is 18.5 Å². The van der Waals surface area contributed by atoms with Gasteiger partial charge >= 0.3 is 0 Å². The molecule has 0 radical (unpaired) electrons. The van der Waals surface area contributed by atoms with E-state index in [2.05, 4.69) is 15.3 Å². The lowest BCUT2D eigenvalue weighted by Crippen LogP contribution is -2.26. The van der Waals surface area contributed by atoms with Gasteiger partial charge in [-0.15, -0.1) is 11.3 Å². The third-order valence-corrected chi connectivity index (χ3v) is 4.76. The molecule has 0 spiro atoms. The molecule has 3 heterocycles. The van der Waals surface area contributed by atoms with Gasteiger partial charge in [0.05, 0.1) is 17.4 Å². The molecule has 0 saturated heterocycles. The highest BCUT2D eigenvalue weighted by molar-refractivity contribution is 7.14. The van der Waals surface area contributed by atoms with Crippen LogP contribution in [0.25, 0.3) is 0 Å². The molecule has 0 aromatic carbocycles. The Balaban J connectivity index is 1.64. The molecule has 0 fully saturated rings. The maximum absolute atomic E-state index is 12.5. The van der Waals surface area contributed by atoms with Gasteiger partial charge in [-0.25, -0.2) is 4.98 Å². The van der Waals surface area contributed by atoms with Gasteiger partial charge in [0.15, 0.2) is 5.13 Å². The summed E-state index contributed by atoms with van der Waals surface area (Å²) >= 11 is 1.40. The van der Waals surface area contributed by atoms with Crippen molar-refractivity contribution in [2.75, 3.05) is 5.32 Å². The smallest absolute Gasteiger partial charge is 0.258 e. The lowest BCUT2D eigenvalue weighted by Gasteiger charge is -2.25. The number of nitrogens with one attached hydrogen (secondary N) is 1. The predicted molar refractivity (Wildman–Crippen MR) is 107 cm³/mol. The average Bonchev–Trinajstić information content (AvgIpc) is 3.24. The van der Waals surface area contributed by atoms with Crippen molar-refractivity contribution in [2.45, 2.75) is 45.9 Å². The number of pyridine rings is 1.